The molecule has 1 atom stereocenters. The lowest BCUT2D eigenvalue weighted by atomic mass is 10.1. The van der Waals surface area contributed by atoms with Gasteiger partial charge in [0.15, 0.2) is 0 Å². The lowest BCUT2D eigenvalue weighted by Crippen LogP contribution is -2.32. The Bertz CT molecular complexity index is 459. The first-order valence-electron chi connectivity index (χ1n) is 5.95. The maximum atomic E-state index is 12.8. The van der Waals surface area contributed by atoms with Gasteiger partial charge >= 0.3 is 0 Å². The topological polar surface area (TPSA) is 49.4 Å². The first-order chi connectivity index (χ1) is 8.61. The van der Waals surface area contributed by atoms with Crippen LogP contribution in [0.3, 0.4) is 0 Å². The summed E-state index contributed by atoms with van der Waals surface area (Å²) in [5, 5.41) is 2.71. The molecule has 1 fully saturated rings. The van der Waals surface area contributed by atoms with Gasteiger partial charge in [0.05, 0.1) is 5.92 Å². The molecule has 1 N–H and O–H groups in total. The predicted octanol–water partition coefficient (Wildman–Crippen LogP) is 1.31. The van der Waals surface area contributed by atoms with Crippen molar-refractivity contribution in [2.45, 2.75) is 13.3 Å². The van der Waals surface area contributed by atoms with E-state index in [4.69, 9.17) is 0 Å². The second-order valence-electron chi connectivity index (χ2n) is 4.28. The van der Waals surface area contributed by atoms with Crippen LogP contribution in [-0.4, -0.2) is 24.9 Å². The highest BCUT2D eigenvalue weighted by molar-refractivity contribution is 6.00. The molecule has 0 aliphatic carbocycles. The van der Waals surface area contributed by atoms with Crippen LogP contribution in [0.15, 0.2) is 24.3 Å². The van der Waals surface area contributed by atoms with Crippen LogP contribution < -0.4 is 10.2 Å². The summed E-state index contributed by atoms with van der Waals surface area (Å²) in [6.45, 7) is 2.75. The van der Waals surface area contributed by atoms with Crippen molar-refractivity contribution >= 4 is 17.5 Å². The minimum Gasteiger partial charge on any atom is -0.356 e. The second kappa shape index (κ2) is 5.16. The molecule has 2 rings (SSSR count). The van der Waals surface area contributed by atoms with Crippen molar-refractivity contribution in [3.05, 3.63) is 30.1 Å². The number of carbonyl (C=O) groups excluding carboxylic acids is 2. The van der Waals surface area contributed by atoms with E-state index in [1.54, 1.807) is 12.1 Å². The van der Waals surface area contributed by atoms with Crippen LogP contribution in [0, 0.1) is 11.7 Å². The van der Waals surface area contributed by atoms with E-state index < -0.39 is 0 Å². The normalized spacial score (nSPS) is 19.1. The second-order valence-corrected chi connectivity index (χ2v) is 4.28. The van der Waals surface area contributed by atoms with Crippen molar-refractivity contribution in [3.8, 4) is 0 Å². The number of hydrogen-bond donors (Lipinski definition) is 1. The van der Waals surface area contributed by atoms with E-state index in [9.17, 15) is 14.0 Å². The Kier molecular flexibility index (Phi) is 3.60. The lowest BCUT2D eigenvalue weighted by Gasteiger charge is -2.16. The van der Waals surface area contributed by atoms with Crippen LogP contribution in [0.5, 0.6) is 0 Å². The molecule has 1 aromatic carbocycles. The highest BCUT2D eigenvalue weighted by Crippen LogP contribution is 2.25. The van der Waals surface area contributed by atoms with Crippen molar-refractivity contribution in [1.29, 1.82) is 0 Å². The van der Waals surface area contributed by atoms with Gasteiger partial charge in [0.2, 0.25) is 11.8 Å². The van der Waals surface area contributed by atoms with Gasteiger partial charge < -0.3 is 10.2 Å². The lowest BCUT2D eigenvalue weighted by molar-refractivity contribution is -0.126. The Morgan fingerprint density at radius 3 is 2.72 bits per heavy atom. The molecule has 1 aliphatic rings. The van der Waals surface area contributed by atoms with Crippen LogP contribution in [0.2, 0.25) is 0 Å². The van der Waals surface area contributed by atoms with Gasteiger partial charge in [0, 0.05) is 25.2 Å². The minimum absolute atomic E-state index is 0.0992. The molecule has 0 saturated carbocycles. The van der Waals surface area contributed by atoms with Crippen LogP contribution in [0.25, 0.3) is 0 Å². The van der Waals surface area contributed by atoms with Gasteiger partial charge in [0.25, 0.3) is 0 Å². The summed E-state index contributed by atoms with van der Waals surface area (Å²) in [7, 11) is 0. The van der Waals surface area contributed by atoms with Gasteiger partial charge in [-0.2, -0.15) is 0 Å². The highest BCUT2D eigenvalue weighted by atomic mass is 19.1. The van der Waals surface area contributed by atoms with Gasteiger partial charge in [-0.1, -0.05) is 0 Å². The van der Waals surface area contributed by atoms with Crippen LogP contribution in [0.1, 0.15) is 13.3 Å². The quantitative estimate of drug-likeness (QED) is 0.879. The monoisotopic (exact) mass is 250 g/mol. The number of benzene rings is 1. The highest BCUT2D eigenvalue weighted by Gasteiger charge is 2.34. The van der Waals surface area contributed by atoms with Crippen molar-refractivity contribution in [2.75, 3.05) is 18.0 Å². The molecule has 1 heterocycles. The molecule has 5 heteroatoms. The summed E-state index contributed by atoms with van der Waals surface area (Å²) in [6, 6.07) is 5.71. The van der Waals surface area contributed by atoms with Gasteiger partial charge in [-0.15, -0.1) is 0 Å². The summed E-state index contributed by atoms with van der Waals surface area (Å²) >= 11 is 0. The maximum Gasteiger partial charge on any atom is 0.227 e. The van der Waals surface area contributed by atoms with Crippen molar-refractivity contribution in [2.24, 2.45) is 5.92 Å². The summed E-state index contributed by atoms with van der Waals surface area (Å²) in [6.07, 6.45) is 0.212. The zero-order valence-corrected chi connectivity index (χ0v) is 10.1. The predicted molar refractivity (Wildman–Crippen MR) is 65.5 cm³/mol. The van der Waals surface area contributed by atoms with E-state index in [0.717, 1.165) is 0 Å². The number of amides is 2. The zero-order chi connectivity index (χ0) is 13.1. The fourth-order valence-corrected chi connectivity index (χ4v) is 2.07. The van der Waals surface area contributed by atoms with E-state index in [2.05, 4.69) is 5.32 Å². The number of nitrogens with zero attached hydrogens (tertiary/aromatic N) is 1. The summed E-state index contributed by atoms with van der Waals surface area (Å²) in [5.41, 5.74) is 0.633. The molecule has 1 saturated heterocycles. The van der Waals surface area contributed by atoms with E-state index in [-0.39, 0.29) is 30.0 Å². The minimum atomic E-state index is -0.342. The van der Waals surface area contributed by atoms with E-state index >= 15 is 0 Å². The largest absolute Gasteiger partial charge is 0.356 e. The zero-order valence-electron chi connectivity index (χ0n) is 10.1. The van der Waals surface area contributed by atoms with E-state index in [1.165, 1.54) is 17.0 Å². The molecule has 2 amide bonds. The molecule has 0 bridgehead atoms. The number of hydrogen-bond acceptors (Lipinski definition) is 2. The fraction of sp³-hybridized carbons (Fsp3) is 0.385. The van der Waals surface area contributed by atoms with Gasteiger partial charge in [0.1, 0.15) is 5.82 Å². The molecule has 18 heavy (non-hydrogen) atoms. The van der Waals surface area contributed by atoms with E-state index in [0.29, 0.717) is 18.8 Å². The molecule has 0 unspecified atom stereocenters. The van der Waals surface area contributed by atoms with Crippen molar-refractivity contribution in [1.82, 2.24) is 5.32 Å². The first kappa shape index (κ1) is 12.5. The van der Waals surface area contributed by atoms with E-state index in [1.807, 2.05) is 6.92 Å². The summed E-state index contributed by atoms with van der Waals surface area (Å²) in [4.78, 5) is 25.0. The number of carbonyl (C=O) groups is 2. The first-order valence-corrected chi connectivity index (χ1v) is 5.95. The molecule has 4 nitrogen and oxygen atoms in total. The molecule has 1 aromatic rings. The molecule has 0 radical (unpaired) electrons. The fourth-order valence-electron chi connectivity index (χ4n) is 2.07. The molecular weight excluding hydrogens is 235 g/mol. The Morgan fingerprint density at radius 1 is 1.44 bits per heavy atom. The van der Waals surface area contributed by atoms with Crippen molar-refractivity contribution < 1.29 is 14.0 Å². The van der Waals surface area contributed by atoms with Crippen LogP contribution in [-0.2, 0) is 9.59 Å². The van der Waals surface area contributed by atoms with Crippen molar-refractivity contribution in [3.63, 3.8) is 0 Å². The third-order valence-corrected chi connectivity index (χ3v) is 2.99. The molecule has 0 aromatic heterocycles. The number of halogens is 1. The van der Waals surface area contributed by atoms with Crippen LogP contribution >= 0.6 is 0 Å². The molecule has 96 valence electrons. The Morgan fingerprint density at radius 2 is 2.11 bits per heavy atom. The molecule has 1 aliphatic heterocycles. The Labute approximate surface area is 105 Å². The van der Waals surface area contributed by atoms with Gasteiger partial charge in [-0.25, -0.2) is 4.39 Å². The third kappa shape index (κ3) is 2.50. The standard InChI is InChI=1S/C13H15FN2O2/c1-2-15-13(18)9-7-12(17)16(8-9)11-5-3-10(14)4-6-11/h3-6,9H,2,7-8H2,1H3,(H,15,18)/t9-/m0/s1. The average Bonchev–Trinajstić information content (AvgIpc) is 2.73. The summed E-state index contributed by atoms with van der Waals surface area (Å²) in [5.74, 6) is -0.860. The van der Waals surface area contributed by atoms with Gasteiger partial charge in [-0.05, 0) is 31.2 Å². The number of anilines is 1. The Balaban J connectivity index is 2.10. The molecular formula is C13H15FN2O2. The average molecular weight is 250 g/mol. The summed E-state index contributed by atoms with van der Waals surface area (Å²) < 4.78 is 12.8. The SMILES string of the molecule is CCNC(=O)[C@H]1CC(=O)N(c2ccc(F)cc2)C1. The smallest absolute Gasteiger partial charge is 0.227 e. The third-order valence-electron chi connectivity index (χ3n) is 2.99. The molecule has 0 spiro atoms. The Hall–Kier alpha value is -1.91. The number of rotatable bonds is 3. The van der Waals surface area contributed by atoms with Crippen LogP contribution in [0.4, 0.5) is 10.1 Å². The van der Waals surface area contributed by atoms with Gasteiger partial charge in [-0.3, -0.25) is 9.59 Å². The number of nitrogens with one attached hydrogen (secondary N) is 1. The maximum absolute atomic E-state index is 12.8.